The third-order valence-corrected chi connectivity index (χ3v) is 3.32. The number of benzene rings is 1. The Labute approximate surface area is 105 Å². The lowest BCUT2D eigenvalue weighted by molar-refractivity contribution is 0.0654. The average molecular weight is 242 g/mol. The van der Waals surface area contributed by atoms with Crippen LogP contribution in [0.5, 0.6) is 5.75 Å². The summed E-state index contributed by atoms with van der Waals surface area (Å²) in [5, 5.41) is 0.855. The Morgan fingerprint density at radius 3 is 2.83 bits per heavy atom. The summed E-state index contributed by atoms with van der Waals surface area (Å²) in [4.78, 5) is 18.4. The number of carbonyl (C=O) groups excluding carboxylic acids is 1. The molecule has 0 atom stereocenters. The largest absolute Gasteiger partial charge is 0.497 e. The van der Waals surface area contributed by atoms with Gasteiger partial charge in [0, 0.05) is 24.7 Å². The van der Waals surface area contributed by atoms with Gasteiger partial charge in [-0.05, 0) is 30.7 Å². The van der Waals surface area contributed by atoms with E-state index in [1.807, 2.05) is 23.1 Å². The van der Waals surface area contributed by atoms with Gasteiger partial charge in [0.1, 0.15) is 5.75 Å². The van der Waals surface area contributed by atoms with E-state index in [9.17, 15) is 4.79 Å². The molecule has 1 aromatic carbocycles. The van der Waals surface area contributed by atoms with Crippen LogP contribution in [0.1, 0.15) is 16.8 Å². The van der Waals surface area contributed by atoms with Crippen LogP contribution in [0, 0.1) is 0 Å². The first kappa shape index (κ1) is 11.0. The Balaban J connectivity index is 2.12. The zero-order valence-electron chi connectivity index (χ0n) is 10.2. The molecule has 1 aromatic heterocycles. The fraction of sp³-hybridized carbons (Fsp3) is 0.286. The summed E-state index contributed by atoms with van der Waals surface area (Å²) < 4.78 is 5.21. The lowest BCUT2D eigenvalue weighted by atomic mass is 10.1. The first-order valence-electron chi connectivity index (χ1n) is 6.01. The molecule has 1 fully saturated rings. The second kappa shape index (κ2) is 4.29. The summed E-state index contributed by atoms with van der Waals surface area (Å²) >= 11 is 0. The van der Waals surface area contributed by atoms with Crippen molar-refractivity contribution in [3.05, 3.63) is 36.0 Å². The Morgan fingerprint density at radius 1 is 1.33 bits per heavy atom. The molecule has 92 valence electrons. The fourth-order valence-electron chi connectivity index (χ4n) is 2.13. The zero-order chi connectivity index (χ0) is 12.5. The van der Waals surface area contributed by atoms with E-state index in [1.54, 1.807) is 19.4 Å². The van der Waals surface area contributed by atoms with Crippen LogP contribution in [-0.4, -0.2) is 36.0 Å². The number of fused-ring (bicyclic) bond motifs is 1. The summed E-state index contributed by atoms with van der Waals surface area (Å²) in [6.45, 7) is 1.71. The Bertz CT molecular complexity index is 606. The molecule has 3 rings (SSSR count). The van der Waals surface area contributed by atoms with Gasteiger partial charge in [0.2, 0.25) is 0 Å². The van der Waals surface area contributed by atoms with Crippen molar-refractivity contribution < 1.29 is 9.53 Å². The monoisotopic (exact) mass is 242 g/mol. The maximum atomic E-state index is 12.3. The first-order chi connectivity index (χ1) is 8.79. The van der Waals surface area contributed by atoms with Gasteiger partial charge in [0.15, 0.2) is 0 Å². The number of aromatic nitrogens is 1. The highest BCUT2D eigenvalue weighted by Gasteiger charge is 2.23. The second-order valence-electron chi connectivity index (χ2n) is 4.39. The summed E-state index contributed by atoms with van der Waals surface area (Å²) in [5.41, 5.74) is 1.53. The van der Waals surface area contributed by atoms with Crippen LogP contribution in [0.2, 0.25) is 0 Å². The Kier molecular flexibility index (Phi) is 2.63. The predicted molar refractivity (Wildman–Crippen MR) is 68.8 cm³/mol. The molecule has 1 aliphatic rings. The molecule has 4 nitrogen and oxygen atoms in total. The van der Waals surface area contributed by atoms with Crippen molar-refractivity contribution in [3.8, 4) is 5.75 Å². The molecule has 0 aliphatic carbocycles. The molecule has 18 heavy (non-hydrogen) atoms. The number of carbonyl (C=O) groups is 1. The van der Waals surface area contributed by atoms with Crippen LogP contribution >= 0.6 is 0 Å². The minimum atomic E-state index is 0.0851. The maximum Gasteiger partial charge on any atom is 0.254 e. The summed E-state index contributed by atoms with van der Waals surface area (Å²) in [5.74, 6) is 0.829. The number of ether oxygens (including phenoxy) is 1. The van der Waals surface area contributed by atoms with Crippen molar-refractivity contribution in [1.82, 2.24) is 9.88 Å². The van der Waals surface area contributed by atoms with Crippen molar-refractivity contribution in [2.45, 2.75) is 6.42 Å². The van der Waals surface area contributed by atoms with Crippen molar-refractivity contribution in [2.75, 3.05) is 20.2 Å². The van der Waals surface area contributed by atoms with Crippen molar-refractivity contribution in [1.29, 1.82) is 0 Å². The number of rotatable bonds is 2. The molecule has 0 N–H and O–H groups in total. The fourth-order valence-corrected chi connectivity index (χ4v) is 2.13. The van der Waals surface area contributed by atoms with E-state index in [0.29, 0.717) is 5.56 Å². The van der Waals surface area contributed by atoms with Gasteiger partial charge in [0.05, 0.1) is 18.2 Å². The minimum absolute atomic E-state index is 0.0851. The second-order valence-corrected chi connectivity index (χ2v) is 4.39. The molecule has 0 saturated carbocycles. The van der Waals surface area contributed by atoms with Gasteiger partial charge < -0.3 is 9.64 Å². The van der Waals surface area contributed by atoms with Crippen LogP contribution < -0.4 is 4.74 Å². The van der Waals surface area contributed by atoms with E-state index < -0.39 is 0 Å². The highest BCUT2D eigenvalue weighted by atomic mass is 16.5. The summed E-state index contributed by atoms with van der Waals surface area (Å²) in [7, 11) is 1.62. The molecule has 0 spiro atoms. The molecule has 2 aromatic rings. The van der Waals surface area contributed by atoms with Crippen LogP contribution in [0.3, 0.4) is 0 Å². The molecule has 1 amide bonds. The summed E-state index contributed by atoms with van der Waals surface area (Å²) in [6, 6.07) is 7.38. The number of pyridine rings is 1. The lowest BCUT2D eigenvalue weighted by Crippen LogP contribution is -2.42. The van der Waals surface area contributed by atoms with E-state index in [0.717, 1.165) is 36.2 Å². The Hall–Kier alpha value is -2.10. The van der Waals surface area contributed by atoms with Crippen molar-refractivity contribution in [2.24, 2.45) is 0 Å². The maximum absolute atomic E-state index is 12.3. The molecule has 1 aliphatic heterocycles. The minimum Gasteiger partial charge on any atom is -0.497 e. The highest BCUT2D eigenvalue weighted by molar-refractivity contribution is 6.06. The van der Waals surface area contributed by atoms with E-state index in [2.05, 4.69) is 4.98 Å². The van der Waals surface area contributed by atoms with Gasteiger partial charge in [-0.15, -0.1) is 0 Å². The summed E-state index contributed by atoms with van der Waals surface area (Å²) in [6.07, 6.45) is 2.78. The van der Waals surface area contributed by atoms with Crippen molar-refractivity contribution >= 4 is 16.8 Å². The van der Waals surface area contributed by atoms with Gasteiger partial charge in [0.25, 0.3) is 5.91 Å². The first-order valence-corrected chi connectivity index (χ1v) is 6.01. The third-order valence-electron chi connectivity index (χ3n) is 3.32. The van der Waals surface area contributed by atoms with E-state index in [4.69, 9.17) is 4.74 Å². The SMILES string of the molecule is COc1ccc2nccc(C(=O)N3CCC3)c2c1. The molecule has 0 unspecified atom stereocenters. The van der Waals surface area contributed by atoms with Gasteiger partial charge in [-0.1, -0.05) is 0 Å². The quantitative estimate of drug-likeness (QED) is 0.809. The predicted octanol–water partition coefficient (Wildman–Crippen LogP) is 2.09. The number of likely N-dealkylation sites (tertiary alicyclic amines) is 1. The molecular formula is C14H14N2O2. The number of hydrogen-bond donors (Lipinski definition) is 0. The number of hydrogen-bond acceptors (Lipinski definition) is 3. The van der Waals surface area contributed by atoms with Crippen LogP contribution in [0.4, 0.5) is 0 Å². The third kappa shape index (κ3) is 1.70. The Morgan fingerprint density at radius 2 is 2.17 bits per heavy atom. The number of nitrogens with zero attached hydrogens (tertiary/aromatic N) is 2. The topological polar surface area (TPSA) is 42.4 Å². The van der Waals surface area contributed by atoms with Crippen LogP contribution in [-0.2, 0) is 0 Å². The van der Waals surface area contributed by atoms with Gasteiger partial charge in [-0.25, -0.2) is 0 Å². The molecule has 2 heterocycles. The molecule has 0 bridgehead atoms. The average Bonchev–Trinajstić information content (AvgIpc) is 2.35. The van der Waals surface area contributed by atoms with E-state index in [1.165, 1.54) is 0 Å². The highest BCUT2D eigenvalue weighted by Crippen LogP contribution is 2.24. The van der Waals surface area contributed by atoms with E-state index in [-0.39, 0.29) is 5.91 Å². The zero-order valence-corrected chi connectivity index (χ0v) is 10.2. The molecular weight excluding hydrogens is 228 g/mol. The number of amides is 1. The number of methoxy groups -OCH3 is 1. The molecule has 4 heteroatoms. The smallest absolute Gasteiger partial charge is 0.254 e. The van der Waals surface area contributed by atoms with Gasteiger partial charge in [-0.2, -0.15) is 0 Å². The lowest BCUT2D eigenvalue weighted by Gasteiger charge is -2.31. The van der Waals surface area contributed by atoms with Crippen molar-refractivity contribution in [3.63, 3.8) is 0 Å². The van der Waals surface area contributed by atoms with Crippen LogP contribution in [0.25, 0.3) is 10.9 Å². The van der Waals surface area contributed by atoms with Gasteiger partial charge in [-0.3, -0.25) is 9.78 Å². The standard InChI is InChI=1S/C14H14N2O2/c1-18-10-3-4-13-12(9-10)11(5-6-15-13)14(17)16-7-2-8-16/h3-6,9H,2,7-8H2,1H3. The molecule has 1 saturated heterocycles. The van der Waals surface area contributed by atoms with Crippen LogP contribution in [0.15, 0.2) is 30.5 Å². The van der Waals surface area contributed by atoms with E-state index >= 15 is 0 Å². The normalized spacial score (nSPS) is 14.4. The van der Waals surface area contributed by atoms with Gasteiger partial charge >= 0.3 is 0 Å². The molecule has 0 radical (unpaired) electrons.